The Morgan fingerprint density at radius 1 is 1.44 bits per heavy atom. The topological polar surface area (TPSA) is 67.5 Å². The summed E-state index contributed by atoms with van der Waals surface area (Å²) in [5.41, 5.74) is 2.66. The predicted molar refractivity (Wildman–Crippen MR) is 73.4 cm³/mol. The highest BCUT2D eigenvalue weighted by Crippen LogP contribution is 2.25. The summed E-state index contributed by atoms with van der Waals surface area (Å²) in [6.45, 7) is 0. The Labute approximate surface area is 120 Å². The number of pyridine rings is 1. The van der Waals surface area contributed by atoms with Crippen LogP contribution in [0.3, 0.4) is 0 Å². The lowest BCUT2D eigenvalue weighted by molar-refractivity contribution is 0.0950. The monoisotopic (exact) mass is 371 g/mol. The maximum Gasteiger partial charge on any atom is 0.289 e. The van der Waals surface area contributed by atoms with E-state index in [9.17, 15) is 4.79 Å². The van der Waals surface area contributed by atoms with Crippen LogP contribution >= 0.6 is 31.9 Å². The number of rotatable bonds is 3. The van der Waals surface area contributed by atoms with E-state index in [2.05, 4.69) is 47.4 Å². The minimum absolute atomic E-state index is 0.302. The van der Waals surface area contributed by atoms with E-state index in [4.69, 9.17) is 4.42 Å². The standard InChI is InChI=1S/C11H7Br2N3O2/c12-8-5-7(18-10(8)13)6-15-16-11(17)9-3-1-2-4-14-9/h1-6H,(H,16,17). The molecule has 0 atom stereocenters. The van der Waals surface area contributed by atoms with E-state index < -0.39 is 0 Å². The fraction of sp³-hybridized carbons (Fsp3) is 0. The molecule has 92 valence electrons. The zero-order valence-corrected chi connectivity index (χ0v) is 12.1. The van der Waals surface area contributed by atoms with E-state index >= 15 is 0 Å². The van der Waals surface area contributed by atoms with Crippen molar-refractivity contribution in [1.29, 1.82) is 0 Å². The molecule has 2 aromatic rings. The first-order valence-electron chi connectivity index (χ1n) is 4.86. The van der Waals surface area contributed by atoms with E-state index in [1.165, 1.54) is 6.21 Å². The molecule has 0 unspecified atom stereocenters. The average molecular weight is 373 g/mol. The third-order valence-corrected chi connectivity index (χ3v) is 3.63. The van der Waals surface area contributed by atoms with Gasteiger partial charge in [0.1, 0.15) is 11.5 Å². The van der Waals surface area contributed by atoms with E-state index in [1.807, 2.05) is 0 Å². The Bertz CT molecular complexity index is 562. The van der Waals surface area contributed by atoms with Gasteiger partial charge in [-0.2, -0.15) is 5.10 Å². The minimum Gasteiger partial charge on any atom is -0.447 e. The molecule has 2 rings (SSSR count). The van der Waals surface area contributed by atoms with Crippen LogP contribution in [0.1, 0.15) is 16.2 Å². The average Bonchev–Trinajstić information content (AvgIpc) is 2.69. The van der Waals surface area contributed by atoms with Gasteiger partial charge in [0.15, 0.2) is 4.67 Å². The van der Waals surface area contributed by atoms with E-state index in [0.29, 0.717) is 16.1 Å². The number of nitrogens with one attached hydrogen (secondary N) is 1. The zero-order valence-electron chi connectivity index (χ0n) is 8.93. The quantitative estimate of drug-likeness (QED) is 0.665. The van der Waals surface area contributed by atoms with Crippen molar-refractivity contribution in [2.45, 2.75) is 0 Å². The molecule has 7 heteroatoms. The van der Waals surface area contributed by atoms with Crippen LogP contribution < -0.4 is 5.43 Å². The highest BCUT2D eigenvalue weighted by Gasteiger charge is 2.05. The highest BCUT2D eigenvalue weighted by atomic mass is 79.9. The summed E-state index contributed by atoms with van der Waals surface area (Å²) in [5, 5.41) is 3.77. The third kappa shape index (κ3) is 3.27. The molecule has 2 heterocycles. The number of hydrogen-bond donors (Lipinski definition) is 1. The maximum absolute atomic E-state index is 11.6. The van der Waals surface area contributed by atoms with Crippen LogP contribution in [0.2, 0.25) is 0 Å². The van der Waals surface area contributed by atoms with Crippen molar-refractivity contribution in [3.05, 3.63) is 51.1 Å². The normalized spacial score (nSPS) is 10.8. The van der Waals surface area contributed by atoms with Crippen LogP contribution in [-0.2, 0) is 0 Å². The molecule has 0 radical (unpaired) electrons. The molecule has 0 aromatic carbocycles. The van der Waals surface area contributed by atoms with E-state index in [0.717, 1.165) is 4.47 Å². The molecule has 0 fully saturated rings. The number of hydrogen-bond acceptors (Lipinski definition) is 4. The Balaban J connectivity index is 1.98. The van der Waals surface area contributed by atoms with Crippen LogP contribution in [0, 0.1) is 0 Å². The van der Waals surface area contributed by atoms with Crippen molar-refractivity contribution in [3.63, 3.8) is 0 Å². The van der Waals surface area contributed by atoms with Crippen molar-refractivity contribution in [3.8, 4) is 0 Å². The lowest BCUT2D eigenvalue weighted by Gasteiger charge is -1.96. The predicted octanol–water partition coefficient (Wildman–Crippen LogP) is 2.96. The second-order valence-corrected chi connectivity index (χ2v) is 4.76. The molecule has 1 amide bonds. The minimum atomic E-state index is -0.378. The third-order valence-electron chi connectivity index (χ3n) is 1.92. The Hall–Kier alpha value is -1.47. The lowest BCUT2D eigenvalue weighted by atomic mass is 10.3. The molecule has 1 N–H and O–H groups in total. The molecule has 0 aliphatic heterocycles. The smallest absolute Gasteiger partial charge is 0.289 e. The molecule has 0 aliphatic rings. The van der Waals surface area contributed by atoms with Crippen molar-refractivity contribution >= 4 is 44.0 Å². The Morgan fingerprint density at radius 3 is 2.89 bits per heavy atom. The number of carbonyl (C=O) groups is 1. The molecule has 5 nitrogen and oxygen atoms in total. The number of nitrogens with zero attached hydrogens (tertiary/aromatic N) is 2. The van der Waals surface area contributed by atoms with Gasteiger partial charge in [-0.15, -0.1) is 0 Å². The van der Waals surface area contributed by atoms with Gasteiger partial charge in [-0.1, -0.05) is 6.07 Å². The number of aromatic nitrogens is 1. The van der Waals surface area contributed by atoms with Crippen LogP contribution in [0.15, 0.2) is 49.1 Å². The molecule has 0 aliphatic carbocycles. The number of hydrazone groups is 1. The summed E-state index contributed by atoms with van der Waals surface area (Å²) in [4.78, 5) is 15.5. The summed E-state index contributed by atoms with van der Waals surface area (Å²) >= 11 is 6.48. The Kier molecular flexibility index (Phi) is 4.27. The molecular weight excluding hydrogens is 366 g/mol. The molecule has 0 spiro atoms. The second kappa shape index (κ2) is 5.92. The van der Waals surface area contributed by atoms with Gasteiger partial charge >= 0.3 is 0 Å². The van der Waals surface area contributed by atoms with E-state index in [1.54, 1.807) is 30.5 Å². The summed E-state index contributed by atoms with van der Waals surface area (Å²) in [6, 6.07) is 6.79. The van der Waals surface area contributed by atoms with Crippen molar-refractivity contribution < 1.29 is 9.21 Å². The second-order valence-electron chi connectivity index (χ2n) is 3.18. The van der Waals surface area contributed by atoms with Gasteiger partial charge < -0.3 is 4.42 Å². The first-order chi connectivity index (χ1) is 8.66. The van der Waals surface area contributed by atoms with Gasteiger partial charge in [-0.3, -0.25) is 9.78 Å². The van der Waals surface area contributed by atoms with Crippen LogP contribution in [0.4, 0.5) is 0 Å². The SMILES string of the molecule is O=C(NN=Cc1cc(Br)c(Br)o1)c1ccccn1. The summed E-state index contributed by atoms with van der Waals surface area (Å²) < 4.78 is 6.60. The highest BCUT2D eigenvalue weighted by molar-refractivity contribution is 9.13. The van der Waals surface area contributed by atoms with Crippen molar-refractivity contribution in [2.75, 3.05) is 0 Å². The van der Waals surface area contributed by atoms with Crippen molar-refractivity contribution in [1.82, 2.24) is 10.4 Å². The van der Waals surface area contributed by atoms with Gasteiger partial charge in [0.2, 0.25) is 0 Å². The van der Waals surface area contributed by atoms with Gasteiger partial charge in [-0.25, -0.2) is 5.43 Å². The molecular formula is C11H7Br2N3O2. The first kappa shape index (κ1) is 13.0. The van der Waals surface area contributed by atoms with Crippen LogP contribution in [-0.4, -0.2) is 17.1 Å². The van der Waals surface area contributed by atoms with Gasteiger partial charge in [0, 0.05) is 12.3 Å². The van der Waals surface area contributed by atoms with E-state index in [-0.39, 0.29) is 5.91 Å². The number of halogens is 2. The fourth-order valence-electron chi connectivity index (χ4n) is 1.14. The molecule has 0 bridgehead atoms. The Morgan fingerprint density at radius 2 is 2.28 bits per heavy atom. The number of carbonyl (C=O) groups excluding carboxylic acids is 1. The molecule has 0 saturated heterocycles. The molecule has 18 heavy (non-hydrogen) atoms. The van der Waals surface area contributed by atoms with Gasteiger partial charge in [0.25, 0.3) is 5.91 Å². The zero-order chi connectivity index (χ0) is 13.0. The van der Waals surface area contributed by atoms with Gasteiger partial charge in [-0.05, 0) is 44.0 Å². The molecule has 0 saturated carbocycles. The first-order valence-corrected chi connectivity index (χ1v) is 6.44. The number of furan rings is 1. The molecule has 2 aromatic heterocycles. The van der Waals surface area contributed by atoms with Crippen molar-refractivity contribution in [2.24, 2.45) is 5.10 Å². The van der Waals surface area contributed by atoms with Crippen LogP contribution in [0.25, 0.3) is 0 Å². The maximum atomic E-state index is 11.6. The summed E-state index contributed by atoms with van der Waals surface area (Å²) in [7, 11) is 0. The summed E-state index contributed by atoms with van der Waals surface area (Å²) in [5.74, 6) is 0.131. The van der Waals surface area contributed by atoms with Gasteiger partial charge in [0.05, 0.1) is 10.7 Å². The lowest BCUT2D eigenvalue weighted by Crippen LogP contribution is -2.18. The number of amides is 1. The fourth-order valence-corrected chi connectivity index (χ4v) is 1.74. The summed E-state index contributed by atoms with van der Waals surface area (Å²) in [6.07, 6.45) is 2.94. The largest absolute Gasteiger partial charge is 0.447 e. The van der Waals surface area contributed by atoms with Crippen LogP contribution in [0.5, 0.6) is 0 Å².